The van der Waals surface area contributed by atoms with E-state index >= 15 is 0 Å². The minimum Gasteiger partial charge on any atom is -0.494 e. The van der Waals surface area contributed by atoms with E-state index in [1.807, 2.05) is 20.8 Å². The van der Waals surface area contributed by atoms with Gasteiger partial charge in [-0.15, -0.1) is 0 Å². The van der Waals surface area contributed by atoms with E-state index in [0.717, 1.165) is 21.2 Å². The number of carbonyl (C=O) groups excluding carboxylic acids is 1. The highest BCUT2D eigenvalue weighted by molar-refractivity contribution is 9.10. The first-order chi connectivity index (χ1) is 7.82. The maximum absolute atomic E-state index is 11.3. The predicted molar refractivity (Wildman–Crippen MR) is 74.6 cm³/mol. The van der Waals surface area contributed by atoms with Crippen molar-refractivity contribution in [2.75, 3.05) is 19.1 Å². The number of amides is 1. The lowest BCUT2D eigenvalue weighted by Crippen LogP contribution is -2.22. The molecule has 0 bridgehead atoms. The Morgan fingerprint density at radius 1 is 1.24 bits per heavy atom. The summed E-state index contributed by atoms with van der Waals surface area (Å²) in [6.07, 6.45) is 0. The third-order valence-electron chi connectivity index (χ3n) is 2.94. The molecule has 0 saturated carbocycles. The average molecular weight is 321 g/mol. The first-order valence-corrected chi connectivity index (χ1v) is 6.26. The first-order valence-electron chi connectivity index (χ1n) is 5.09. The molecule has 0 aliphatic rings. The summed E-state index contributed by atoms with van der Waals surface area (Å²) in [5, 5.41) is -0.540. The van der Waals surface area contributed by atoms with E-state index in [-0.39, 0.29) is 0 Å². The molecule has 0 saturated heterocycles. The molecule has 0 aliphatic carbocycles. The fourth-order valence-electron chi connectivity index (χ4n) is 1.81. The molecule has 1 aromatic carbocycles. The lowest BCUT2D eigenvalue weighted by Gasteiger charge is -2.23. The van der Waals surface area contributed by atoms with Crippen LogP contribution in [0.15, 0.2) is 4.47 Å². The van der Waals surface area contributed by atoms with Crippen LogP contribution in [0.25, 0.3) is 0 Å². The Morgan fingerprint density at radius 3 is 2.18 bits per heavy atom. The predicted octanol–water partition coefficient (Wildman–Crippen LogP) is 4.18. The molecule has 0 spiro atoms. The molecule has 0 aromatic heterocycles. The molecule has 0 fully saturated rings. The van der Waals surface area contributed by atoms with E-state index < -0.39 is 5.37 Å². The maximum Gasteiger partial charge on any atom is 0.320 e. The van der Waals surface area contributed by atoms with E-state index in [1.54, 1.807) is 14.2 Å². The molecule has 1 rings (SSSR count). The molecule has 0 atom stereocenters. The minimum atomic E-state index is -0.540. The van der Waals surface area contributed by atoms with Gasteiger partial charge in [0.25, 0.3) is 0 Å². The zero-order valence-corrected chi connectivity index (χ0v) is 12.9. The Bertz CT molecular complexity index is 474. The van der Waals surface area contributed by atoms with E-state index in [0.29, 0.717) is 11.4 Å². The van der Waals surface area contributed by atoms with Gasteiger partial charge < -0.3 is 4.74 Å². The summed E-state index contributed by atoms with van der Waals surface area (Å²) in [5.74, 6) is 0.680. The van der Waals surface area contributed by atoms with Gasteiger partial charge in [-0.05, 0) is 49.1 Å². The van der Waals surface area contributed by atoms with Crippen LogP contribution in [0.3, 0.4) is 0 Å². The highest BCUT2D eigenvalue weighted by Crippen LogP contribution is 2.41. The maximum atomic E-state index is 11.3. The van der Waals surface area contributed by atoms with Gasteiger partial charge in [0.2, 0.25) is 0 Å². The zero-order chi connectivity index (χ0) is 13.3. The van der Waals surface area contributed by atoms with Gasteiger partial charge in [0, 0.05) is 11.5 Å². The van der Waals surface area contributed by atoms with Crippen LogP contribution in [0.5, 0.6) is 5.75 Å². The van der Waals surface area contributed by atoms with Gasteiger partial charge in [0.15, 0.2) is 0 Å². The number of rotatable bonds is 2. The van der Waals surface area contributed by atoms with E-state index in [2.05, 4.69) is 15.9 Å². The number of halogens is 2. The van der Waals surface area contributed by atoms with Crippen molar-refractivity contribution in [1.82, 2.24) is 0 Å². The van der Waals surface area contributed by atoms with Crippen LogP contribution in [0.1, 0.15) is 16.7 Å². The topological polar surface area (TPSA) is 29.5 Å². The highest BCUT2D eigenvalue weighted by atomic mass is 79.9. The average Bonchev–Trinajstić information content (AvgIpc) is 2.29. The summed E-state index contributed by atoms with van der Waals surface area (Å²) in [6, 6.07) is 0. The molecule has 1 aromatic rings. The number of methoxy groups -OCH3 is 1. The molecule has 3 nitrogen and oxygen atoms in total. The summed E-state index contributed by atoms with van der Waals surface area (Å²) >= 11 is 9.05. The van der Waals surface area contributed by atoms with Gasteiger partial charge in [-0.1, -0.05) is 15.9 Å². The van der Waals surface area contributed by atoms with Crippen molar-refractivity contribution in [3.05, 3.63) is 21.2 Å². The molecule has 0 unspecified atom stereocenters. The number of hydrogen-bond acceptors (Lipinski definition) is 2. The van der Waals surface area contributed by atoms with Crippen LogP contribution in [-0.2, 0) is 0 Å². The quantitative estimate of drug-likeness (QED) is 0.604. The Balaban J connectivity index is 3.63. The molecule has 0 radical (unpaired) electrons. The van der Waals surface area contributed by atoms with Crippen molar-refractivity contribution in [1.29, 1.82) is 0 Å². The molecule has 0 N–H and O–H groups in total. The second-order valence-corrected chi connectivity index (χ2v) is 5.00. The number of benzene rings is 1. The Morgan fingerprint density at radius 2 is 1.76 bits per heavy atom. The molecule has 1 amide bonds. The standard InChI is InChI=1S/C12H15BrClNO2/c1-6-7(2)11(17-5)10(8(3)9(6)13)15(4)12(14)16/h1-5H3. The zero-order valence-electron chi connectivity index (χ0n) is 10.5. The Labute approximate surface area is 115 Å². The van der Waals surface area contributed by atoms with E-state index in [9.17, 15) is 4.79 Å². The summed E-state index contributed by atoms with van der Waals surface area (Å²) in [5.41, 5.74) is 3.71. The molecule has 0 aliphatic heterocycles. The smallest absolute Gasteiger partial charge is 0.320 e. The normalized spacial score (nSPS) is 10.3. The van der Waals surface area contributed by atoms with Gasteiger partial charge >= 0.3 is 5.37 Å². The highest BCUT2D eigenvalue weighted by Gasteiger charge is 2.22. The number of hydrogen-bond donors (Lipinski definition) is 0. The van der Waals surface area contributed by atoms with Crippen LogP contribution in [-0.4, -0.2) is 19.5 Å². The van der Waals surface area contributed by atoms with E-state index in [4.69, 9.17) is 16.3 Å². The van der Waals surface area contributed by atoms with Crippen LogP contribution in [0.4, 0.5) is 10.5 Å². The third-order valence-corrected chi connectivity index (χ3v) is 4.38. The van der Waals surface area contributed by atoms with Crippen molar-refractivity contribution in [2.45, 2.75) is 20.8 Å². The lowest BCUT2D eigenvalue weighted by atomic mass is 10.0. The number of ether oxygens (including phenoxy) is 1. The SMILES string of the molecule is COc1c(C)c(C)c(Br)c(C)c1N(C)C(=O)Cl. The summed E-state index contributed by atoms with van der Waals surface area (Å²) in [6.45, 7) is 5.88. The second kappa shape index (κ2) is 5.27. The number of nitrogens with zero attached hydrogens (tertiary/aromatic N) is 1. The molecular formula is C12H15BrClNO2. The van der Waals surface area contributed by atoms with Gasteiger partial charge in [0.1, 0.15) is 5.75 Å². The fourth-order valence-corrected chi connectivity index (χ4v) is 2.38. The number of anilines is 1. The fraction of sp³-hybridized carbons (Fsp3) is 0.417. The minimum absolute atomic E-state index is 0.540. The van der Waals surface area contributed by atoms with Gasteiger partial charge in [-0.25, -0.2) is 0 Å². The molecule has 17 heavy (non-hydrogen) atoms. The molecule has 5 heteroatoms. The second-order valence-electron chi connectivity index (χ2n) is 3.88. The van der Waals surface area contributed by atoms with Crippen molar-refractivity contribution in [3.63, 3.8) is 0 Å². The van der Waals surface area contributed by atoms with Gasteiger partial charge in [-0.3, -0.25) is 9.69 Å². The van der Waals surface area contributed by atoms with Gasteiger partial charge in [0.05, 0.1) is 12.8 Å². The summed E-state index contributed by atoms with van der Waals surface area (Å²) < 4.78 is 6.36. The van der Waals surface area contributed by atoms with E-state index in [1.165, 1.54) is 4.90 Å². The molecular weight excluding hydrogens is 305 g/mol. The lowest BCUT2D eigenvalue weighted by molar-refractivity contribution is 0.265. The van der Waals surface area contributed by atoms with Crippen molar-refractivity contribution >= 4 is 38.6 Å². The van der Waals surface area contributed by atoms with Crippen LogP contribution < -0.4 is 9.64 Å². The van der Waals surface area contributed by atoms with Crippen LogP contribution in [0, 0.1) is 20.8 Å². The third kappa shape index (κ3) is 2.43. The first kappa shape index (κ1) is 14.3. The summed E-state index contributed by atoms with van der Waals surface area (Å²) in [4.78, 5) is 12.7. The summed E-state index contributed by atoms with van der Waals surface area (Å²) in [7, 11) is 3.21. The van der Waals surface area contributed by atoms with Crippen LogP contribution in [0.2, 0.25) is 0 Å². The monoisotopic (exact) mass is 319 g/mol. The largest absolute Gasteiger partial charge is 0.494 e. The van der Waals surface area contributed by atoms with Crippen molar-refractivity contribution in [2.24, 2.45) is 0 Å². The van der Waals surface area contributed by atoms with Crippen LogP contribution >= 0.6 is 27.5 Å². The molecule has 94 valence electrons. The van der Waals surface area contributed by atoms with Gasteiger partial charge in [-0.2, -0.15) is 0 Å². The van der Waals surface area contributed by atoms with Crippen molar-refractivity contribution in [3.8, 4) is 5.75 Å². The molecule has 0 heterocycles. The Hall–Kier alpha value is -0.740. The number of carbonyl (C=O) groups is 1. The van der Waals surface area contributed by atoms with Crippen molar-refractivity contribution < 1.29 is 9.53 Å². The Kier molecular flexibility index (Phi) is 4.44.